The number of aromatic nitrogens is 2. The van der Waals surface area contributed by atoms with Crippen LogP contribution in [0.2, 0.25) is 0 Å². The highest BCUT2D eigenvalue weighted by atomic mass is 32.1. The van der Waals surface area contributed by atoms with Crippen molar-refractivity contribution in [1.82, 2.24) is 9.55 Å². The third-order valence-electron chi connectivity index (χ3n) is 13.9. The molecule has 0 amide bonds. The number of para-hydroxylation sites is 2. The van der Waals surface area contributed by atoms with Crippen molar-refractivity contribution in [3.8, 4) is 16.3 Å². The van der Waals surface area contributed by atoms with Crippen LogP contribution in [-0.2, 0) is 0 Å². The minimum atomic E-state index is 1.00. The number of nitrogens with zero attached hydrogens (tertiary/aromatic N) is 4. The van der Waals surface area contributed by atoms with Gasteiger partial charge in [-0.05, 0) is 123 Å². The summed E-state index contributed by atoms with van der Waals surface area (Å²) in [6.07, 6.45) is 0. The van der Waals surface area contributed by atoms with Gasteiger partial charge in [-0.3, -0.25) is 0 Å². The zero-order chi connectivity index (χ0) is 46.1. The number of hydrogen-bond acceptors (Lipinski definition) is 4. The average Bonchev–Trinajstić information content (AvgIpc) is 4.01. The van der Waals surface area contributed by atoms with Crippen LogP contribution < -0.4 is 9.80 Å². The molecule has 0 radical (unpaired) electrons. The number of benzene rings is 12. The van der Waals surface area contributed by atoms with E-state index in [4.69, 9.17) is 4.98 Å². The Morgan fingerprint density at radius 3 is 1.49 bits per heavy atom. The summed E-state index contributed by atoms with van der Waals surface area (Å²) in [6.45, 7) is 0. The molecule has 0 unspecified atom stereocenters. The first kappa shape index (κ1) is 40.1. The van der Waals surface area contributed by atoms with Crippen LogP contribution in [0.25, 0.3) is 91.4 Å². The summed E-state index contributed by atoms with van der Waals surface area (Å²) in [7, 11) is 0. The number of rotatable bonds is 8. The first-order valence-electron chi connectivity index (χ1n) is 23.8. The van der Waals surface area contributed by atoms with E-state index in [1.807, 2.05) is 0 Å². The van der Waals surface area contributed by atoms with Crippen LogP contribution in [0.5, 0.6) is 0 Å². The van der Waals surface area contributed by atoms with Gasteiger partial charge in [-0.2, -0.15) is 0 Å². The molecule has 0 saturated heterocycles. The molecule has 0 saturated carbocycles. The minimum absolute atomic E-state index is 1.00. The van der Waals surface area contributed by atoms with E-state index < -0.39 is 0 Å². The predicted molar refractivity (Wildman–Crippen MR) is 299 cm³/mol. The fraction of sp³-hybridized carbons (Fsp3) is 0. The van der Waals surface area contributed by atoms with Crippen LogP contribution in [0.3, 0.4) is 0 Å². The lowest BCUT2D eigenvalue weighted by Crippen LogP contribution is -2.11. The van der Waals surface area contributed by atoms with E-state index >= 15 is 0 Å². The summed E-state index contributed by atoms with van der Waals surface area (Å²) in [4.78, 5) is 9.89. The SMILES string of the molecule is c1ccc(-c2nc3ccc(N(c4ccc5c(ccc6cc(N(c7ccc8c(c7)c7ccccc7n8-c7ccccc7)c7cccc8ccccc78)ccc65)c4)c4cccc5ccccc45)cc3s2)cc1. The van der Waals surface area contributed by atoms with E-state index in [2.05, 4.69) is 269 Å². The second-order valence-corrected chi connectivity index (χ2v) is 19.0. The van der Waals surface area contributed by atoms with E-state index in [1.54, 1.807) is 11.3 Å². The molecular weight excluding hydrogens is 869 g/mol. The Bertz CT molecular complexity index is 4310. The van der Waals surface area contributed by atoms with Gasteiger partial charge < -0.3 is 14.4 Å². The zero-order valence-corrected chi connectivity index (χ0v) is 38.8. The Hall–Kier alpha value is -9.03. The molecule has 0 atom stereocenters. The molecule has 0 bridgehead atoms. The topological polar surface area (TPSA) is 24.3 Å². The Kier molecular flexibility index (Phi) is 9.36. The van der Waals surface area contributed by atoms with Gasteiger partial charge in [-0.25, -0.2) is 4.98 Å². The summed E-state index contributed by atoms with van der Waals surface area (Å²) >= 11 is 1.74. The molecule has 0 fully saturated rings. The molecule has 2 aromatic heterocycles. The average molecular weight is 911 g/mol. The molecule has 5 heteroatoms. The van der Waals surface area contributed by atoms with Gasteiger partial charge in [0.2, 0.25) is 0 Å². The van der Waals surface area contributed by atoms with Gasteiger partial charge in [0.25, 0.3) is 0 Å². The number of thiazole rings is 1. The second-order valence-electron chi connectivity index (χ2n) is 18.0. The van der Waals surface area contributed by atoms with Crippen LogP contribution >= 0.6 is 11.3 Å². The monoisotopic (exact) mass is 910 g/mol. The lowest BCUT2D eigenvalue weighted by atomic mass is 9.99. The molecular formula is C65H42N4S. The lowest BCUT2D eigenvalue weighted by Gasteiger charge is -2.28. The van der Waals surface area contributed by atoms with Crippen molar-refractivity contribution in [1.29, 1.82) is 0 Å². The molecule has 0 aliphatic heterocycles. The molecule has 12 aromatic carbocycles. The van der Waals surface area contributed by atoms with Gasteiger partial charge in [0.15, 0.2) is 0 Å². The Balaban J connectivity index is 0.910. The van der Waals surface area contributed by atoms with Crippen LogP contribution in [0, 0.1) is 0 Å². The van der Waals surface area contributed by atoms with Crippen molar-refractivity contribution in [3.63, 3.8) is 0 Å². The Morgan fingerprint density at radius 1 is 0.329 bits per heavy atom. The van der Waals surface area contributed by atoms with Crippen LogP contribution in [-0.4, -0.2) is 9.55 Å². The Labute approximate surface area is 408 Å². The van der Waals surface area contributed by atoms with Crippen molar-refractivity contribution in [2.45, 2.75) is 0 Å². The standard InChI is InChI=1S/C65H42N4S/c1-3-17-45(18-4-1)65-66-59-37-33-52(42-64(59)70-65)68(61-28-14-20-44-16-8-10-24-56(44)61)50-32-36-54-47(40-50)30-29-46-39-49(31-35-53(46)54)67(60-27-13-19-43-15-7-9-23-55(43)60)51-34-38-63-58(41-51)57-25-11-12-26-62(57)69(63)48-21-5-2-6-22-48/h1-42H. The molecule has 328 valence electrons. The maximum atomic E-state index is 5.04. The number of anilines is 6. The number of hydrogen-bond donors (Lipinski definition) is 0. The molecule has 70 heavy (non-hydrogen) atoms. The summed E-state index contributed by atoms with van der Waals surface area (Å²) < 4.78 is 3.53. The maximum absolute atomic E-state index is 5.04. The van der Waals surface area contributed by atoms with Crippen molar-refractivity contribution in [2.75, 3.05) is 9.80 Å². The lowest BCUT2D eigenvalue weighted by molar-refractivity contribution is 1.18. The summed E-state index contributed by atoms with van der Waals surface area (Å²) in [5.74, 6) is 0. The third-order valence-corrected chi connectivity index (χ3v) is 15.0. The van der Waals surface area contributed by atoms with E-state index in [-0.39, 0.29) is 0 Å². The highest BCUT2D eigenvalue weighted by molar-refractivity contribution is 7.21. The third kappa shape index (κ3) is 6.62. The fourth-order valence-electron chi connectivity index (χ4n) is 10.7. The highest BCUT2D eigenvalue weighted by Crippen LogP contribution is 2.46. The van der Waals surface area contributed by atoms with Gasteiger partial charge in [0.05, 0.1) is 32.6 Å². The van der Waals surface area contributed by atoms with E-state index in [0.29, 0.717) is 0 Å². The first-order chi connectivity index (χ1) is 34.7. The normalized spacial score (nSPS) is 11.7. The molecule has 2 heterocycles. The molecule has 0 spiro atoms. The molecule has 4 nitrogen and oxygen atoms in total. The van der Waals surface area contributed by atoms with Crippen molar-refractivity contribution in [2.24, 2.45) is 0 Å². The van der Waals surface area contributed by atoms with Crippen LogP contribution in [0.4, 0.5) is 34.1 Å². The molecule has 14 rings (SSSR count). The molecule has 14 aromatic rings. The van der Waals surface area contributed by atoms with Gasteiger partial charge >= 0.3 is 0 Å². The fourth-order valence-corrected chi connectivity index (χ4v) is 11.7. The van der Waals surface area contributed by atoms with Gasteiger partial charge in [-0.15, -0.1) is 11.3 Å². The summed E-state index contributed by atoms with van der Waals surface area (Å²) in [6, 6.07) is 92.6. The highest BCUT2D eigenvalue weighted by Gasteiger charge is 2.21. The summed E-state index contributed by atoms with van der Waals surface area (Å²) in [5.41, 5.74) is 12.3. The van der Waals surface area contributed by atoms with Gasteiger partial charge in [0, 0.05) is 55.5 Å². The molecule has 0 aliphatic carbocycles. The maximum Gasteiger partial charge on any atom is 0.124 e. The summed E-state index contributed by atoms with van der Waals surface area (Å²) in [5, 5.41) is 13.1. The smallest absolute Gasteiger partial charge is 0.124 e. The van der Waals surface area contributed by atoms with E-state index in [0.717, 1.165) is 60.6 Å². The largest absolute Gasteiger partial charge is 0.310 e. The van der Waals surface area contributed by atoms with Gasteiger partial charge in [0.1, 0.15) is 5.01 Å². The van der Waals surface area contributed by atoms with Crippen molar-refractivity contribution in [3.05, 3.63) is 255 Å². The second kappa shape index (κ2) is 16.3. The first-order valence-corrected chi connectivity index (χ1v) is 24.6. The minimum Gasteiger partial charge on any atom is -0.310 e. The quantitative estimate of drug-likeness (QED) is 0.142. The van der Waals surface area contributed by atoms with Crippen molar-refractivity contribution >= 4 is 121 Å². The van der Waals surface area contributed by atoms with Gasteiger partial charge in [-0.1, -0.05) is 164 Å². The molecule has 0 aliphatic rings. The van der Waals surface area contributed by atoms with Crippen LogP contribution in [0.1, 0.15) is 0 Å². The number of fused-ring (bicyclic) bond motifs is 9. The van der Waals surface area contributed by atoms with E-state index in [1.165, 1.54) is 64.9 Å². The Morgan fingerprint density at radius 2 is 0.829 bits per heavy atom. The molecule has 0 N–H and O–H groups in total. The van der Waals surface area contributed by atoms with E-state index in [9.17, 15) is 0 Å². The van der Waals surface area contributed by atoms with Crippen molar-refractivity contribution < 1.29 is 0 Å². The zero-order valence-electron chi connectivity index (χ0n) is 37.9. The van der Waals surface area contributed by atoms with Crippen LogP contribution in [0.15, 0.2) is 255 Å². The predicted octanol–water partition coefficient (Wildman–Crippen LogP) is 18.6.